The quantitative estimate of drug-likeness (QED) is 0.661. The Kier molecular flexibility index (Phi) is 6.47. The van der Waals surface area contributed by atoms with E-state index >= 15 is 0 Å². The van der Waals surface area contributed by atoms with Gasteiger partial charge in [-0.1, -0.05) is 20.3 Å². The van der Waals surface area contributed by atoms with Crippen molar-refractivity contribution in [3.63, 3.8) is 0 Å². The van der Waals surface area contributed by atoms with Gasteiger partial charge >= 0.3 is 0 Å². The summed E-state index contributed by atoms with van der Waals surface area (Å²) >= 11 is 0. The van der Waals surface area contributed by atoms with Gasteiger partial charge < -0.3 is 5.32 Å². The summed E-state index contributed by atoms with van der Waals surface area (Å²) in [6, 6.07) is 0.398. The Morgan fingerprint density at radius 1 is 1.14 bits per heavy atom. The summed E-state index contributed by atoms with van der Waals surface area (Å²) in [5.74, 6) is 0. The van der Waals surface area contributed by atoms with Gasteiger partial charge in [-0.25, -0.2) is 0 Å². The molecule has 0 amide bonds. The molecule has 2 aliphatic rings. The monoisotopic (exact) mass is 317 g/mol. The molecule has 0 aromatic carbocycles. The maximum atomic E-state index is 13.0. The van der Waals surface area contributed by atoms with Crippen LogP contribution in [0.15, 0.2) is 0 Å². The first kappa shape index (κ1) is 17.2. The fourth-order valence-corrected chi connectivity index (χ4v) is 5.32. The molecular formula is C15H31N3O2S. The maximum Gasteiger partial charge on any atom is 0.282 e. The topological polar surface area (TPSA) is 52.7 Å². The highest BCUT2D eigenvalue weighted by atomic mass is 32.2. The zero-order valence-electron chi connectivity index (χ0n) is 13.6. The standard InChI is InChI=1S/C15H31N3O2S/c1-3-10-16-13-15-7-5-6-12-18(15)21(19,20)17(11-4-2)14-8-9-14/h14-16H,3-13H2,1-2H3. The molecule has 2 fully saturated rings. The molecule has 21 heavy (non-hydrogen) atoms. The number of piperidine rings is 1. The lowest BCUT2D eigenvalue weighted by Gasteiger charge is -2.38. The summed E-state index contributed by atoms with van der Waals surface area (Å²) in [5, 5.41) is 3.40. The predicted molar refractivity (Wildman–Crippen MR) is 86.4 cm³/mol. The van der Waals surface area contributed by atoms with Crippen LogP contribution in [0.1, 0.15) is 58.8 Å². The van der Waals surface area contributed by atoms with E-state index < -0.39 is 10.2 Å². The molecule has 0 bridgehead atoms. The van der Waals surface area contributed by atoms with Crippen LogP contribution in [0.4, 0.5) is 0 Å². The van der Waals surface area contributed by atoms with E-state index in [4.69, 9.17) is 0 Å². The first-order chi connectivity index (χ1) is 10.1. The first-order valence-corrected chi connectivity index (χ1v) is 10.00. The normalized spacial score (nSPS) is 24.6. The SMILES string of the molecule is CCCNCC1CCCCN1S(=O)(=O)N(CCC)C1CC1. The molecule has 1 aliphatic carbocycles. The van der Waals surface area contributed by atoms with Crippen molar-refractivity contribution in [2.24, 2.45) is 0 Å². The van der Waals surface area contributed by atoms with E-state index in [9.17, 15) is 8.42 Å². The van der Waals surface area contributed by atoms with Gasteiger partial charge in [-0.3, -0.25) is 0 Å². The molecule has 1 atom stereocenters. The van der Waals surface area contributed by atoms with Crippen LogP contribution in [0, 0.1) is 0 Å². The van der Waals surface area contributed by atoms with Crippen molar-refractivity contribution in [2.45, 2.75) is 70.9 Å². The van der Waals surface area contributed by atoms with E-state index in [2.05, 4.69) is 19.2 Å². The zero-order chi connectivity index (χ0) is 15.3. The van der Waals surface area contributed by atoms with Crippen LogP contribution < -0.4 is 5.32 Å². The van der Waals surface area contributed by atoms with Crippen molar-refractivity contribution in [1.82, 2.24) is 13.9 Å². The van der Waals surface area contributed by atoms with Crippen LogP contribution in [-0.2, 0) is 10.2 Å². The van der Waals surface area contributed by atoms with Gasteiger partial charge in [0.15, 0.2) is 0 Å². The summed E-state index contributed by atoms with van der Waals surface area (Å²) in [5.41, 5.74) is 0. The molecule has 1 N–H and O–H groups in total. The van der Waals surface area contributed by atoms with E-state index in [1.807, 2.05) is 0 Å². The number of rotatable bonds is 9. The summed E-state index contributed by atoms with van der Waals surface area (Å²) in [4.78, 5) is 0. The second-order valence-electron chi connectivity index (χ2n) is 6.31. The Morgan fingerprint density at radius 2 is 1.90 bits per heavy atom. The van der Waals surface area contributed by atoms with Crippen LogP contribution >= 0.6 is 0 Å². The highest BCUT2D eigenvalue weighted by Crippen LogP contribution is 2.32. The minimum atomic E-state index is -3.28. The van der Waals surface area contributed by atoms with Crippen LogP contribution in [0.2, 0.25) is 0 Å². The summed E-state index contributed by atoms with van der Waals surface area (Å²) in [7, 11) is -3.28. The fourth-order valence-electron chi connectivity index (χ4n) is 3.13. The Bertz CT molecular complexity index is 409. The first-order valence-electron chi connectivity index (χ1n) is 8.60. The third-order valence-corrected chi connectivity index (χ3v) is 6.52. The molecule has 0 radical (unpaired) electrons. The van der Waals surface area contributed by atoms with Crippen molar-refractivity contribution >= 4 is 10.2 Å². The van der Waals surface area contributed by atoms with Gasteiger partial charge in [0.1, 0.15) is 0 Å². The lowest BCUT2D eigenvalue weighted by molar-refractivity contribution is 0.224. The zero-order valence-corrected chi connectivity index (χ0v) is 14.4. The highest BCUT2D eigenvalue weighted by molar-refractivity contribution is 7.86. The molecule has 124 valence electrons. The smallest absolute Gasteiger partial charge is 0.282 e. The number of nitrogens with zero attached hydrogens (tertiary/aromatic N) is 2. The molecule has 0 aromatic rings. The fraction of sp³-hybridized carbons (Fsp3) is 1.00. The van der Waals surface area contributed by atoms with Gasteiger partial charge in [0.25, 0.3) is 10.2 Å². The molecule has 0 aromatic heterocycles. The lowest BCUT2D eigenvalue weighted by Crippen LogP contribution is -2.54. The van der Waals surface area contributed by atoms with E-state index in [0.717, 1.165) is 58.0 Å². The molecule has 0 spiro atoms. The molecule has 1 saturated heterocycles. The molecular weight excluding hydrogens is 286 g/mol. The molecule has 5 nitrogen and oxygen atoms in total. The predicted octanol–water partition coefficient (Wildman–Crippen LogP) is 1.96. The van der Waals surface area contributed by atoms with Crippen LogP contribution in [-0.4, -0.2) is 55.3 Å². The minimum Gasteiger partial charge on any atom is -0.315 e. The van der Waals surface area contributed by atoms with Crippen LogP contribution in [0.5, 0.6) is 0 Å². The average Bonchev–Trinajstić information content (AvgIpc) is 3.30. The number of nitrogens with one attached hydrogen (secondary N) is 1. The summed E-state index contributed by atoms with van der Waals surface area (Å²) in [6.45, 7) is 7.30. The summed E-state index contributed by atoms with van der Waals surface area (Å²) in [6.07, 6.45) is 7.17. The Hall–Kier alpha value is -0.170. The molecule has 1 heterocycles. The van der Waals surface area contributed by atoms with E-state index in [-0.39, 0.29) is 12.1 Å². The van der Waals surface area contributed by atoms with Crippen LogP contribution in [0.3, 0.4) is 0 Å². The van der Waals surface area contributed by atoms with E-state index in [1.54, 1.807) is 8.61 Å². The van der Waals surface area contributed by atoms with Crippen molar-refractivity contribution < 1.29 is 8.42 Å². The molecule has 2 rings (SSSR count). The van der Waals surface area contributed by atoms with Crippen molar-refractivity contribution in [3.8, 4) is 0 Å². The van der Waals surface area contributed by atoms with Gasteiger partial charge in [0, 0.05) is 31.7 Å². The number of hydrogen-bond donors (Lipinski definition) is 1. The third-order valence-electron chi connectivity index (χ3n) is 4.37. The Morgan fingerprint density at radius 3 is 2.52 bits per heavy atom. The lowest BCUT2D eigenvalue weighted by atomic mass is 10.1. The van der Waals surface area contributed by atoms with Gasteiger partial charge in [0.2, 0.25) is 0 Å². The van der Waals surface area contributed by atoms with Crippen molar-refractivity contribution in [2.75, 3.05) is 26.2 Å². The van der Waals surface area contributed by atoms with E-state index in [0.29, 0.717) is 13.1 Å². The van der Waals surface area contributed by atoms with Gasteiger partial charge in [0.05, 0.1) is 0 Å². The van der Waals surface area contributed by atoms with Gasteiger partial charge in [-0.05, 0) is 45.1 Å². The third kappa shape index (κ3) is 4.41. The van der Waals surface area contributed by atoms with Gasteiger partial charge in [-0.15, -0.1) is 0 Å². The Labute approximate surface area is 130 Å². The second-order valence-corrected chi connectivity index (χ2v) is 8.15. The maximum absolute atomic E-state index is 13.0. The largest absolute Gasteiger partial charge is 0.315 e. The summed E-state index contributed by atoms with van der Waals surface area (Å²) < 4.78 is 29.6. The second kappa shape index (κ2) is 7.90. The van der Waals surface area contributed by atoms with Crippen molar-refractivity contribution in [1.29, 1.82) is 0 Å². The minimum absolute atomic E-state index is 0.133. The van der Waals surface area contributed by atoms with E-state index in [1.165, 1.54) is 0 Å². The molecule has 1 saturated carbocycles. The van der Waals surface area contributed by atoms with Gasteiger partial charge in [-0.2, -0.15) is 17.0 Å². The molecule has 6 heteroatoms. The Balaban J connectivity index is 2.06. The molecule has 1 unspecified atom stereocenters. The van der Waals surface area contributed by atoms with Crippen molar-refractivity contribution in [3.05, 3.63) is 0 Å². The van der Waals surface area contributed by atoms with Crippen LogP contribution in [0.25, 0.3) is 0 Å². The molecule has 1 aliphatic heterocycles. The average molecular weight is 317 g/mol. The number of hydrogen-bond acceptors (Lipinski definition) is 3. The highest BCUT2D eigenvalue weighted by Gasteiger charge is 2.42.